The quantitative estimate of drug-likeness (QED) is 0.140. The molecule has 7 heteroatoms. The molecule has 0 aromatic heterocycles. The van der Waals surface area contributed by atoms with Crippen LogP contribution in [0.2, 0.25) is 18.1 Å². The minimum absolute atomic E-state index is 0.0293. The molecule has 5 nitrogen and oxygen atoms in total. The van der Waals surface area contributed by atoms with E-state index in [-0.39, 0.29) is 11.1 Å². The van der Waals surface area contributed by atoms with Gasteiger partial charge in [-0.2, -0.15) is 0 Å². The second-order valence-corrected chi connectivity index (χ2v) is 21.5. The van der Waals surface area contributed by atoms with Crippen molar-refractivity contribution in [3.63, 3.8) is 0 Å². The maximum absolute atomic E-state index is 7.77. The van der Waals surface area contributed by atoms with E-state index in [0.717, 1.165) is 21.1 Å². The summed E-state index contributed by atoms with van der Waals surface area (Å²) < 4.78 is 34.5. The van der Waals surface area contributed by atoms with Gasteiger partial charge in [-0.15, -0.1) is 0 Å². The summed E-state index contributed by atoms with van der Waals surface area (Å²) in [6, 6.07) is 42.2. The molecule has 0 amide bonds. The van der Waals surface area contributed by atoms with Crippen molar-refractivity contribution >= 4 is 32.2 Å². The summed E-state index contributed by atoms with van der Waals surface area (Å²) in [5, 5.41) is 3.46. The van der Waals surface area contributed by atoms with Crippen molar-refractivity contribution in [1.29, 1.82) is 0 Å². The Balaban J connectivity index is 1.67. The molecule has 1 saturated heterocycles. The van der Waals surface area contributed by atoms with Gasteiger partial charge in [-0.25, -0.2) is 0 Å². The standard InChI is InChI=1S/C38H48O5Si2/c1-29-34(43-45(31-22-14-9-15-23-31,32-24-16-10-17-25-32)33-26-18-11-19-27-33)35(42-44(6,7)38(2,3)4)36(37(39-5)41-29)40-28-30-20-12-8-13-21-30/h8-27,29,34-37H,28H2,1-7H3/t29-,34-,35+,36+,37-/m0/s1. The average molecular weight is 641 g/mol. The summed E-state index contributed by atoms with van der Waals surface area (Å²) in [6.07, 6.45) is -2.34. The van der Waals surface area contributed by atoms with E-state index in [1.54, 1.807) is 7.11 Å². The van der Waals surface area contributed by atoms with Crippen LogP contribution in [-0.4, -0.2) is 54.5 Å². The van der Waals surface area contributed by atoms with E-state index in [0.29, 0.717) is 6.61 Å². The van der Waals surface area contributed by atoms with Crippen molar-refractivity contribution in [2.75, 3.05) is 7.11 Å². The number of ether oxygens (including phenoxy) is 3. The number of benzene rings is 4. The summed E-state index contributed by atoms with van der Waals surface area (Å²) in [4.78, 5) is 0. The molecular weight excluding hydrogens is 593 g/mol. The lowest BCUT2D eigenvalue weighted by Gasteiger charge is -2.51. The predicted molar refractivity (Wildman–Crippen MR) is 187 cm³/mol. The smallest absolute Gasteiger partial charge is 0.288 e. The van der Waals surface area contributed by atoms with Gasteiger partial charge in [0.1, 0.15) is 12.2 Å². The van der Waals surface area contributed by atoms with Gasteiger partial charge in [0.15, 0.2) is 14.6 Å². The lowest BCUT2D eigenvalue weighted by atomic mass is 9.99. The third kappa shape index (κ3) is 7.25. The molecule has 4 aromatic rings. The van der Waals surface area contributed by atoms with Crippen LogP contribution in [0.15, 0.2) is 121 Å². The van der Waals surface area contributed by atoms with Gasteiger partial charge in [-0.3, -0.25) is 0 Å². The van der Waals surface area contributed by atoms with Crippen LogP contribution in [0.1, 0.15) is 33.3 Å². The van der Waals surface area contributed by atoms with E-state index in [1.165, 1.54) is 0 Å². The summed E-state index contributed by atoms with van der Waals surface area (Å²) in [6.45, 7) is 13.9. The van der Waals surface area contributed by atoms with Crippen LogP contribution < -0.4 is 15.6 Å². The molecule has 1 heterocycles. The number of hydrogen-bond donors (Lipinski definition) is 0. The van der Waals surface area contributed by atoms with Crippen LogP contribution in [0.3, 0.4) is 0 Å². The largest absolute Gasteiger partial charge is 0.408 e. The van der Waals surface area contributed by atoms with E-state index in [1.807, 2.05) is 18.2 Å². The van der Waals surface area contributed by atoms with Crippen molar-refractivity contribution in [3.8, 4) is 0 Å². The first-order valence-corrected chi connectivity index (χ1v) is 20.7. The Labute approximate surface area is 271 Å². The fourth-order valence-electron chi connectivity index (χ4n) is 5.85. The highest BCUT2D eigenvalue weighted by Crippen LogP contribution is 2.41. The van der Waals surface area contributed by atoms with Gasteiger partial charge in [0, 0.05) is 7.11 Å². The van der Waals surface area contributed by atoms with Crippen LogP contribution in [0.4, 0.5) is 0 Å². The van der Waals surface area contributed by atoms with E-state index in [4.69, 9.17) is 23.1 Å². The summed E-state index contributed by atoms with van der Waals surface area (Å²) in [5.41, 5.74) is 1.08. The topological polar surface area (TPSA) is 46.2 Å². The third-order valence-corrected chi connectivity index (χ3v) is 17.9. The van der Waals surface area contributed by atoms with Gasteiger partial charge >= 0.3 is 0 Å². The van der Waals surface area contributed by atoms with E-state index < -0.39 is 41.2 Å². The zero-order chi connectivity index (χ0) is 32.1. The summed E-state index contributed by atoms with van der Waals surface area (Å²) >= 11 is 0. The monoisotopic (exact) mass is 640 g/mol. The third-order valence-electron chi connectivity index (χ3n) is 9.34. The van der Waals surface area contributed by atoms with Crippen LogP contribution in [-0.2, 0) is 29.7 Å². The number of rotatable bonds is 11. The van der Waals surface area contributed by atoms with Gasteiger partial charge in [0.2, 0.25) is 0 Å². The van der Waals surface area contributed by atoms with Crippen molar-refractivity contribution in [3.05, 3.63) is 127 Å². The molecule has 0 unspecified atom stereocenters. The van der Waals surface area contributed by atoms with E-state index >= 15 is 0 Å². The molecule has 5 rings (SSSR count). The summed E-state index contributed by atoms with van der Waals surface area (Å²) in [5.74, 6) is 0. The molecule has 0 spiro atoms. The normalized spacial score (nSPS) is 22.7. The highest BCUT2D eigenvalue weighted by Gasteiger charge is 2.55. The first kappa shape index (κ1) is 33.5. The molecule has 5 atom stereocenters. The minimum atomic E-state index is -3.11. The summed E-state index contributed by atoms with van der Waals surface area (Å²) in [7, 11) is -3.75. The highest BCUT2D eigenvalue weighted by atomic mass is 28.4. The van der Waals surface area contributed by atoms with Gasteiger partial charge in [-0.1, -0.05) is 142 Å². The second-order valence-electron chi connectivity index (χ2n) is 13.4. The first-order valence-electron chi connectivity index (χ1n) is 15.9. The van der Waals surface area contributed by atoms with Crippen LogP contribution in [0.25, 0.3) is 0 Å². The predicted octanol–water partition coefficient (Wildman–Crippen LogP) is 6.41. The second kappa shape index (κ2) is 14.3. The van der Waals surface area contributed by atoms with Gasteiger partial charge in [-0.05, 0) is 46.2 Å². The molecule has 45 heavy (non-hydrogen) atoms. The molecule has 238 valence electrons. The SMILES string of the molecule is CO[C@H]1O[C@@H](C)[C@H](O[Si](c2ccccc2)(c2ccccc2)c2ccccc2)[C@@H](O[Si](C)(C)C(C)(C)C)[C@H]1OCc1ccccc1. The van der Waals surface area contributed by atoms with Gasteiger partial charge < -0.3 is 23.1 Å². The highest BCUT2D eigenvalue weighted by molar-refractivity contribution is 7.07. The molecule has 0 radical (unpaired) electrons. The van der Waals surface area contributed by atoms with E-state index in [9.17, 15) is 0 Å². The molecule has 0 N–H and O–H groups in total. The zero-order valence-electron chi connectivity index (χ0n) is 27.7. The first-order chi connectivity index (χ1) is 21.6. The fraction of sp³-hybridized carbons (Fsp3) is 0.368. The molecular formula is C38H48O5Si2. The lowest BCUT2D eigenvalue weighted by molar-refractivity contribution is -0.292. The maximum Gasteiger partial charge on any atom is 0.288 e. The Morgan fingerprint density at radius 1 is 0.622 bits per heavy atom. The van der Waals surface area contributed by atoms with Crippen molar-refractivity contribution in [2.24, 2.45) is 0 Å². The molecule has 1 fully saturated rings. The molecule has 4 aromatic carbocycles. The van der Waals surface area contributed by atoms with Crippen LogP contribution in [0, 0.1) is 0 Å². The lowest BCUT2D eigenvalue weighted by Crippen LogP contribution is -2.74. The molecule has 0 aliphatic carbocycles. The van der Waals surface area contributed by atoms with Crippen molar-refractivity contribution in [1.82, 2.24) is 0 Å². The zero-order valence-corrected chi connectivity index (χ0v) is 29.7. The van der Waals surface area contributed by atoms with Crippen molar-refractivity contribution in [2.45, 2.75) is 83.1 Å². The molecule has 1 aliphatic rings. The fourth-order valence-corrected chi connectivity index (χ4v) is 11.3. The van der Waals surface area contributed by atoms with Gasteiger partial charge in [0.05, 0.1) is 18.8 Å². The van der Waals surface area contributed by atoms with Crippen molar-refractivity contribution < 1.29 is 23.1 Å². The Kier molecular flexibility index (Phi) is 10.6. The van der Waals surface area contributed by atoms with Crippen LogP contribution >= 0.6 is 0 Å². The van der Waals surface area contributed by atoms with Gasteiger partial charge in [0.25, 0.3) is 8.32 Å². The Morgan fingerprint density at radius 3 is 1.49 bits per heavy atom. The molecule has 0 bridgehead atoms. The minimum Gasteiger partial charge on any atom is -0.408 e. The Morgan fingerprint density at radius 2 is 1.07 bits per heavy atom. The number of hydrogen-bond acceptors (Lipinski definition) is 5. The molecule has 0 saturated carbocycles. The molecule has 1 aliphatic heterocycles. The maximum atomic E-state index is 7.77. The van der Waals surface area contributed by atoms with E-state index in [2.05, 4.69) is 144 Å². The average Bonchev–Trinajstić information content (AvgIpc) is 3.05. The van der Waals surface area contributed by atoms with Crippen LogP contribution in [0.5, 0.6) is 0 Å². The Hall–Kier alpha value is -2.89. The number of methoxy groups -OCH3 is 1. The Bertz CT molecular complexity index is 1370.